The van der Waals surface area contributed by atoms with Crippen LogP contribution in [0.15, 0.2) is 18.2 Å². The number of aryl methyl sites for hydroxylation is 1. The first-order chi connectivity index (χ1) is 8.42. The fourth-order valence-corrected chi connectivity index (χ4v) is 2.79. The predicted octanol–water partition coefficient (Wildman–Crippen LogP) is 2.35. The fourth-order valence-electron chi connectivity index (χ4n) is 2.79. The number of likely N-dealkylation sites (tertiary alicyclic amines) is 1. The third-order valence-corrected chi connectivity index (χ3v) is 3.82. The van der Waals surface area contributed by atoms with Gasteiger partial charge in [-0.25, -0.2) is 0 Å². The highest BCUT2D eigenvalue weighted by atomic mass is 16.5. The van der Waals surface area contributed by atoms with E-state index in [4.69, 9.17) is 4.74 Å². The van der Waals surface area contributed by atoms with Crippen LogP contribution in [-0.4, -0.2) is 35.3 Å². The maximum atomic E-state index is 9.82. The average molecular weight is 249 g/mol. The van der Waals surface area contributed by atoms with Crippen molar-refractivity contribution >= 4 is 0 Å². The van der Waals surface area contributed by atoms with Crippen LogP contribution in [0.3, 0.4) is 0 Å². The first kappa shape index (κ1) is 13.4. The van der Waals surface area contributed by atoms with Gasteiger partial charge in [-0.3, -0.25) is 4.90 Å². The first-order valence-corrected chi connectivity index (χ1v) is 6.49. The summed E-state index contributed by atoms with van der Waals surface area (Å²) in [5.41, 5.74) is 2.48. The van der Waals surface area contributed by atoms with Crippen LogP contribution >= 0.6 is 0 Å². The molecule has 0 amide bonds. The molecule has 3 nitrogen and oxygen atoms in total. The van der Waals surface area contributed by atoms with E-state index in [-0.39, 0.29) is 11.6 Å². The van der Waals surface area contributed by atoms with Crippen LogP contribution in [0.2, 0.25) is 0 Å². The lowest BCUT2D eigenvalue weighted by Gasteiger charge is -2.31. The Morgan fingerprint density at radius 3 is 2.72 bits per heavy atom. The van der Waals surface area contributed by atoms with Gasteiger partial charge in [0.1, 0.15) is 5.75 Å². The number of methoxy groups -OCH3 is 1. The Bertz CT molecular complexity index is 429. The molecule has 1 N–H and O–H groups in total. The third kappa shape index (κ3) is 2.68. The van der Waals surface area contributed by atoms with Crippen LogP contribution in [0, 0.1) is 6.92 Å². The highest BCUT2D eigenvalue weighted by Gasteiger charge is 2.37. The number of aliphatic hydroxyl groups excluding tert-OH is 1. The van der Waals surface area contributed by atoms with Crippen molar-refractivity contribution in [3.05, 3.63) is 29.3 Å². The zero-order valence-corrected chi connectivity index (χ0v) is 11.7. The molecule has 1 unspecified atom stereocenters. The molecule has 18 heavy (non-hydrogen) atoms. The summed E-state index contributed by atoms with van der Waals surface area (Å²) >= 11 is 0. The molecule has 0 aromatic heterocycles. The van der Waals surface area contributed by atoms with Crippen LogP contribution < -0.4 is 4.74 Å². The molecule has 2 rings (SSSR count). The first-order valence-electron chi connectivity index (χ1n) is 6.49. The maximum absolute atomic E-state index is 9.82. The van der Waals surface area contributed by atoms with Gasteiger partial charge >= 0.3 is 0 Å². The Morgan fingerprint density at radius 1 is 1.44 bits per heavy atom. The van der Waals surface area contributed by atoms with Crippen LogP contribution in [0.25, 0.3) is 0 Å². The minimum absolute atomic E-state index is 0.0498. The number of hydrogen-bond donors (Lipinski definition) is 1. The average Bonchev–Trinajstić information content (AvgIpc) is 2.52. The van der Waals surface area contributed by atoms with Crippen LogP contribution in [-0.2, 0) is 6.54 Å². The van der Waals surface area contributed by atoms with Gasteiger partial charge in [-0.05, 0) is 33.3 Å². The molecular formula is C15H23NO2. The number of aliphatic hydroxyl groups is 1. The SMILES string of the molecule is COc1ccc(C)cc1CN1CC(O)CC1(C)C. The third-order valence-electron chi connectivity index (χ3n) is 3.82. The van der Waals surface area contributed by atoms with Crippen molar-refractivity contribution in [3.63, 3.8) is 0 Å². The largest absolute Gasteiger partial charge is 0.496 e. The van der Waals surface area contributed by atoms with Crippen LogP contribution in [0.1, 0.15) is 31.4 Å². The fraction of sp³-hybridized carbons (Fsp3) is 0.600. The van der Waals surface area contributed by atoms with E-state index in [1.807, 2.05) is 6.07 Å². The van der Waals surface area contributed by atoms with E-state index in [1.54, 1.807) is 7.11 Å². The van der Waals surface area contributed by atoms with Crippen molar-refractivity contribution in [3.8, 4) is 5.75 Å². The Labute approximate surface area is 109 Å². The lowest BCUT2D eigenvalue weighted by atomic mass is 10.0. The quantitative estimate of drug-likeness (QED) is 0.892. The van der Waals surface area contributed by atoms with E-state index in [0.29, 0.717) is 0 Å². The summed E-state index contributed by atoms with van der Waals surface area (Å²) in [6.45, 7) is 8.03. The molecule has 1 heterocycles. The summed E-state index contributed by atoms with van der Waals surface area (Å²) in [5, 5.41) is 9.82. The molecule has 1 aliphatic heterocycles. The summed E-state index contributed by atoms with van der Waals surface area (Å²) in [4.78, 5) is 2.33. The number of nitrogens with zero attached hydrogens (tertiary/aromatic N) is 1. The van der Waals surface area contributed by atoms with Crippen LogP contribution in [0.5, 0.6) is 5.75 Å². The van der Waals surface area contributed by atoms with Gasteiger partial charge in [0.05, 0.1) is 13.2 Å². The second-order valence-electron chi connectivity index (χ2n) is 5.87. The monoisotopic (exact) mass is 249 g/mol. The number of β-amino-alcohol motifs (C(OH)–C–C–N with tert-alkyl or cyclic N) is 1. The van der Waals surface area contributed by atoms with Gasteiger partial charge in [0.2, 0.25) is 0 Å². The topological polar surface area (TPSA) is 32.7 Å². The lowest BCUT2D eigenvalue weighted by Crippen LogP contribution is -2.37. The molecule has 1 atom stereocenters. The van der Waals surface area contributed by atoms with E-state index in [0.717, 1.165) is 25.3 Å². The summed E-state index contributed by atoms with van der Waals surface area (Å²) < 4.78 is 5.42. The Hall–Kier alpha value is -1.06. The molecule has 0 saturated carbocycles. The van der Waals surface area contributed by atoms with Gasteiger partial charge in [-0.15, -0.1) is 0 Å². The second kappa shape index (κ2) is 4.90. The highest BCUT2D eigenvalue weighted by Crippen LogP contribution is 2.32. The van der Waals surface area contributed by atoms with Gasteiger partial charge in [-0.1, -0.05) is 17.7 Å². The standard InChI is InChI=1S/C15H23NO2/c1-11-5-6-14(18-4)12(7-11)9-16-10-13(17)8-15(16,2)3/h5-7,13,17H,8-10H2,1-4H3. The smallest absolute Gasteiger partial charge is 0.123 e. The molecule has 1 saturated heterocycles. The minimum Gasteiger partial charge on any atom is -0.496 e. The van der Waals surface area contributed by atoms with E-state index >= 15 is 0 Å². The van der Waals surface area contributed by atoms with E-state index in [9.17, 15) is 5.11 Å². The molecule has 0 spiro atoms. The zero-order valence-electron chi connectivity index (χ0n) is 11.7. The van der Waals surface area contributed by atoms with Gasteiger partial charge in [0, 0.05) is 24.2 Å². The highest BCUT2D eigenvalue weighted by molar-refractivity contribution is 5.37. The molecule has 0 aliphatic carbocycles. The molecule has 0 radical (unpaired) electrons. The molecule has 3 heteroatoms. The number of ether oxygens (including phenoxy) is 1. The Kier molecular flexibility index (Phi) is 3.64. The van der Waals surface area contributed by atoms with Crippen molar-refractivity contribution in [2.24, 2.45) is 0 Å². The summed E-state index contributed by atoms with van der Waals surface area (Å²) in [6.07, 6.45) is 0.622. The van der Waals surface area contributed by atoms with Crippen molar-refractivity contribution in [2.45, 2.75) is 45.4 Å². The lowest BCUT2D eigenvalue weighted by molar-refractivity contribution is 0.155. The summed E-state index contributed by atoms with van der Waals surface area (Å²) in [7, 11) is 1.71. The van der Waals surface area contributed by atoms with Crippen molar-refractivity contribution < 1.29 is 9.84 Å². The van der Waals surface area contributed by atoms with Gasteiger partial charge in [0.15, 0.2) is 0 Å². The molecular weight excluding hydrogens is 226 g/mol. The number of rotatable bonds is 3. The normalized spacial score (nSPS) is 23.3. The van der Waals surface area contributed by atoms with Crippen molar-refractivity contribution in [1.29, 1.82) is 0 Å². The minimum atomic E-state index is -0.212. The molecule has 100 valence electrons. The molecule has 1 fully saturated rings. The summed E-state index contributed by atoms with van der Waals surface area (Å²) in [6, 6.07) is 6.25. The molecule has 1 aliphatic rings. The number of hydrogen-bond acceptors (Lipinski definition) is 3. The van der Waals surface area contributed by atoms with E-state index < -0.39 is 0 Å². The maximum Gasteiger partial charge on any atom is 0.123 e. The molecule has 0 bridgehead atoms. The Morgan fingerprint density at radius 2 is 2.17 bits per heavy atom. The second-order valence-corrected chi connectivity index (χ2v) is 5.87. The van der Waals surface area contributed by atoms with Gasteiger partial charge in [-0.2, -0.15) is 0 Å². The Balaban J connectivity index is 2.21. The van der Waals surface area contributed by atoms with Gasteiger partial charge in [0.25, 0.3) is 0 Å². The number of benzene rings is 1. The predicted molar refractivity (Wildman–Crippen MR) is 72.8 cm³/mol. The van der Waals surface area contributed by atoms with Gasteiger partial charge < -0.3 is 9.84 Å². The molecule has 1 aromatic rings. The summed E-state index contributed by atoms with van der Waals surface area (Å²) in [5.74, 6) is 0.929. The van der Waals surface area contributed by atoms with E-state index in [1.165, 1.54) is 11.1 Å². The van der Waals surface area contributed by atoms with Crippen LogP contribution in [0.4, 0.5) is 0 Å². The molecule has 1 aromatic carbocycles. The zero-order chi connectivity index (χ0) is 13.3. The van der Waals surface area contributed by atoms with Crippen molar-refractivity contribution in [1.82, 2.24) is 4.90 Å². The van der Waals surface area contributed by atoms with Crippen molar-refractivity contribution in [2.75, 3.05) is 13.7 Å². The van der Waals surface area contributed by atoms with E-state index in [2.05, 4.69) is 37.8 Å².